The Hall–Kier alpha value is -3.68. The van der Waals surface area contributed by atoms with E-state index in [2.05, 4.69) is 15.1 Å². The van der Waals surface area contributed by atoms with Gasteiger partial charge in [-0.3, -0.25) is 9.59 Å². The number of piperazine rings is 1. The molecule has 3 heterocycles. The van der Waals surface area contributed by atoms with Crippen LogP contribution in [-0.4, -0.2) is 64.5 Å². The number of nitrogens with zero attached hydrogens (tertiary/aromatic N) is 5. The molecule has 0 unspecified atom stereocenters. The quantitative estimate of drug-likeness (QED) is 0.540. The summed E-state index contributed by atoms with van der Waals surface area (Å²) in [7, 11) is 0. The summed E-state index contributed by atoms with van der Waals surface area (Å²) >= 11 is 0. The van der Waals surface area contributed by atoms with Gasteiger partial charge in [0.15, 0.2) is 5.82 Å². The molecule has 2 aliphatic rings. The van der Waals surface area contributed by atoms with E-state index in [1.807, 2.05) is 53.4 Å². The number of benzene rings is 1. The Labute approximate surface area is 199 Å². The van der Waals surface area contributed by atoms with Crippen molar-refractivity contribution in [2.75, 3.05) is 37.6 Å². The van der Waals surface area contributed by atoms with Crippen molar-refractivity contribution >= 4 is 17.6 Å². The van der Waals surface area contributed by atoms with E-state index in [-0.39, 0.29) is 24.3 Å². The number of carbonyl (C=O) groups is 2. The molecule has 0 N–H and O–H groups in total. The van der Waals surface area contributed by atoms with Crippen LogP contribution in [0.5, 0.6) is 0 Å². The van der Waals surface area contributed by atoms with Crippen LogP contribution in [0, 0.1) is 5.92 Å². The number of hydrogen-bond acceptors (Lipinski definition) is 6. The predicted molar refractivity (Wildman–Crippen MR) is 128 cm³/mol. The van der Waals surface area contributed by atoms with E-state index in [4.69, 9.17) is 4.42 Å². The molecule has 2 amide bonds. The van der Waals surface area contributed by atoms with E-state index < -0.39 is 0 Å². The summed E-state index contributed by atoms with van der Waals surface area (Å²) < 4.78 is 5.43. The fraction of sp³-hybridized carbons (Fsp3) is 0.385. The van der Waals surface area contributed by atoms with Crippen LogP contribution in [0.25, 0.3) is 11.3 Å². The molecule has 2 fully saturated rings. The Balaban J connectivity index is 1.17. The van der Waals surface area contributed by atoms with E-state index in [0.29, 0.717) is 38.5 Å². The van der Waals surface area contributed by atoms with Crippen LogP contribution >= 0.6 is 0 Å². The molecule has 5 rings (SSSR count). The third-order valence-electron chi connectivity index (χ3n) is 6.70. The number of amides is 2. The number of anilines is 1. The van der Waals surface area contributed by atoms with Gasteiger partial charge < -0.3 is 19.1 Å². The van der Waals surface area contributed by atoms with E-state index in [0.717, 1.165) is 36.3 Å². The van der Waals surface area contributed by atoms with Gasteiger partial charge >= 0.3 is 0 Å². The molecule has 0 spiro atoms. The minimum Gasteiger partial charge on any atom is -0.467 e. The average molecular weight is 460 g/mol. The fourth-order valence-corrected chi connectivity index (χ4v) is 4.42. The van der Waals surface area contributed by atoms with Gasteiger partial charge in [0, 0.05) is 37.7 Å². The first kappa shape index (κ1) is 22.1. The summed E-state index contributed by atoms with van der Waals surface area (Å²) in [4.78, 5) is 31.6. The van der Waals surface area contributed by atoms with Gasteiger partial charge in [-0.15, -0.1) is 10.2 Å². The first-order valence-electron chi connectivity index (χ1n) is 11.9. The van der Waals surface area contributed by atoms with Gasteiger partial charge in [0.2, 0.25) is 11.8 Å². The van der Waals surface area contributed by atoms with Gasteiger partial charge in [0.1, 0.15) is 12.3 Å². The molecule has 1 saturated heterocycles. The van der Waals surface area contributed by atoms with E-state index in [1.165, 1.54) is 0 Å². The van der Waals surface area contributed by atoms with Gasteiger partial charge in [0.05, 0.1) is 18.5 Å². The van der Waals surface area contributed by atoms with E-state index in [9.17, 15) is 9.59 Å². The first-order valence-corrected chi connectivity index (χ1v) is 11.9. The molecule has 3 aromatic rings. The highest BCUT2D eigenvalue weighted by Crippen LogP contribution is 2.29. The van der Waals surface area contributed by atoms with Gasteiger partial charge in [-0.05, 0) is 37.1 Å². The molecule has 8 heteroatoms. The largest absolute Gasteiger partial charge is 0.467 e. The van der Waals surface area contributed by atoms with Crippen molar-refractivity contribution in [1.82, 2.24) is 20.0 Å². The molecule has 8 nitrogen and oxygen atoms in total. The average Bonchev–Trinajstić information content (AvgIpc) is 3.36. The van der Waals surface area contributed by atoms with Crippen molar-refractivity contribution in [1.29, 1.82) is 0 Å². The van der Waals surface area contributed by atoms with Crippen molar-refractivity contribution in [3.8, 4) is 11.3 Å². The lowest BCUT2D eigenvalue weighted by Crippen LogP contribution is -2.52. The summed E-state index contributed by atoms with van der Waals surface area (Å²) in [5.41, 5.74) is 1.87. The number of carbonyl (C=O) groups excluding carboxylic acids is 2. The number of aromatic nitrogens is 2. The maximum absolute atomic E-state index is 13.1. The minimum atomic E-state index is -0.0237. The summed E-state index contributed by atoms with van der Waals surface area (Å²) in [5, 5.41) is 8.78. The summed E-state index contributed by atoms with van der Waals surface area (Å²) in [6.07, 6.45) is 4.49. The normalized spacial score (nSPS) is 16.2. The molecule has 176 valence electrons. The topological polar surface area (TPSA) is 82.8 Å². The third-order valence-corrected chi connectivity index (χ3v) is 6.70. The Morgan fingerprint density at radius 1 is 0.941 bits per heavy atom. The molecule has 2 aromatic heterocycles. The molecular weight excluding hydrogens is 430 g/mol. The molecule has 0 bridgehead atoms. The van der Waals surface area contributed by atoms with Crippen LogP contribution in [-0.2, 0) is 16.1 Å². The smallest absolute Gasteiger partial charge is 0.242 e. The van der Waals surface area contributed by atoms with Gasteiger partial charge in [-0.25, -0.2) is 0 Å². The Morgan fingerprint density at radius 2 is 1.74 bits per heavy atom. The Bertz CT molecular complexity index is 1090. The lowest BCUT2D eigenvalue weighted by atomic mass is 9.84. The van der Waals surface area contributed by atoms with E-state index in [1.54, 1.807) is 17.2 Å². The number of hydrogen-bond donors (Lipinski definition) is 0. The molecule has 1 aliphatic carbocycles. The highest BCUT2D eigenvalue weighted by molar-refractivity contribution is 5.86. The summed E-state index contributed by atoms with van der Waals surface area (Å²) in [6, 6.07) is 17.6. The van der Waals surface area contributed by atoms with Crippen LogP contribution in [0.15, 0.2) is 65.3 Å². The maximum Gasteiger partial charge on any atom is 0.242 e. The molecule has 0 atom stereocenters. The van der Waals surface area contributed by atoms with Crippen LogP contribution in [0.4, 0.5) is 5.82 Å². The lowest BCUT2D eigenvalue weighted by Gasteiger charge is -2.37. The van der Waals surface area contributed by atoms with Gasteiger partial charge in [-0.2, -0.15) is 0 Å². The summed E-state index contributed by atoms with van der Waals surface area (Å²) in [6.45, 7) is 2.96. The first-order chi connectivity index (χ1) is 16.7. The zero-order valence-corrected chi connectivity index (χ0v) is 19.2. The van der Waals surface area contributed by atoms with Crippen molar-refractivity contribution < 1.29 is 14.0 Å². The molecule has 0 radical (unpaired) electrons. The standard InChI is InChI=1S/C26H29N5O3/c32-25(19-31(18-22-10-5-17-34-22)26(33)21-8-4-9-21)30-15-13-29(14-16-30)24-12-11-23(27-28-24)20-6-2-1-3-7-20/h1-3,5-7,10-12,17,21H,4,8-9,13-16,18-19H2. The van der Waals surface area contributed by atoms with Crippen molar-refractivity contribution in [2.45, 2.75) is 25.8 Å². The highest BCUT2D eigenvalue weighted by Gasteiger charge is 2.32. The molecule has 1 saturated carbocycles. The second kappa shape index (κ2) is 10.1. The Morgan fingerprint density at radius 3 is 2.35 bits per heavy atom. The second-order valence-electron chi connectivity index (χ2n) is 8.91. The number of rotatable bonds is 7. The molecule has 1 aromatic carbocycles. The SMILES string of the molecule is O=C(CN(Cc1ccco1)C(=O)C1CCC1)N1CCN(c2ccc(-c3ccccc3)nn2)CC1. The van der Waals surface area contributed by atoms with Crippen LogP contribution in [0.2, 0.25) is 0 Å². The zero-order valence-electron chi connectivity index (χ0n) is 19.2. The number of furan rings is 1. The van der Waals surface area contributed by atoms with E-state index >= 15 is 0 Å². The molecule has 1 aliphatic heterocycles. The van der Waals surface area contributed by atoms with Crippen LogP contribution in [0.1, 0.15) is 25.0 Å². The summed E-state index contributed by atoms with van der Waals surface area (Å²) in [5.74, 6) is 1.58. The molecular formula is C26H29N5O3. The van der Waals surface area contributed by atoms with Crippen LogP contribution in [0.3, 0.4) is 0 Å². The highest BCUT2D eigenvalue weighted by atomic mass is 16.3. The van der Waals surface area contributed by atoms with Crippen molar-refractivity contribution in [3.05, 3.63) is 66.6 Å². The maximum atomic E-state index is 13.1. The lowest BCUT2D eigenvalue weighted by molar-refractivity contribution is -0.145. The zero-order chi connectivity index (χ0) is 23.3. The third kappa shape index (κ3) is 4.95. The second-order valence-corrected chi connectivity index (χ2v) is 8.91. The van der Waals surface area contributed by atoms with Gasteiger partial charge in [0.25, 0.3) is 0 Å². The minimum absolute atomic E-state index is 0.0237. The Kier molecular flexibility index (Phi) is 6.56. The van der Waals surface area contributed by atoms with Gasteiger partial charge in [-0.1, -0.05) is 36.8 Å². The fourth-order valence-electron chi connectivity index (χ4n) is 4.42. The monoisotopic (exact) mass is 459 g/mol. The predicted octanol–water partition coefficient (Wildman–Crippen LogP) is 3.21. The van der Waals surface area contributed by atoms with Crippen molar-refractivity contribution in [2.24, 2.45) is 5.92 Å². The molecule has 34 heavy (non-hydrogen) atoms. The van der Waals surface area contributed by atoms with Crippen LogP contribution < -0.4 is 4.90 Å². The van der Waals surface area contributed by atoms with Crippen molar-refractivity contribution in [3.63, 3.8) is 0 Å².